The minimum Gasteiger partial charge on any atom is -0.445 e. The maximum Gasteiger partial charge on any atom is 0.339 e. The van der Waals surface area contributed by atoms with Crippen LogP contribution in [0.1, 0.15) is 39.3 Å². The van der Waals surface area contributed by atoms with Crippen molar-refractivity contribution in [1.29, 1.82) is 0 Å². The summed E-state index contributed by atoms with van der Waals surface area (Å²) in [5.74, 6) is -1.46. The summed E-state index contributed by atoms with van der Waals surface area (Å²) >= 11 is 0. The number of benzene rings is 3. The third-order valence-corrected chi connectivity index (χ3v) is 4.37. The van der Waals surface area contributed by atoms with Gasteiger partial charge in [-0.25, -0.2) is 4.79 Å². The first-order valence-electron chi connectivity index (χ1n) is 9.27. The van der Waals surface area contributed by atoms with Crippen molar-refractivity contribution < 1.29 is 24.0 Å². The Morgan fingerprint density at radius 2 is 1.48 bits per heavy atom. The van der Waals surface area contributed by atoms with E-state index in [-0.39, 0.29) is 17.2 Å². The van der Waals surface area contributed by atoms with Crippen molar-refractivity contribution in [3.05, 3.63) is 106 Å². The number of non-ortho nitro benzene ring substituents is 1. The Kier molecular flexibility index (Phi) is 6.51. The molecule has 0 aliphatic rings. The lowest BCUT2D eigenvalue weighted by Crippen LogP contribution is -2.20. The Morgan fingerprint density at radius 3 is 2.03 bits per heavy atom. The monoisotopic (exact) mass is 418 g/mol. The molecule has 3 aromatic carbocycles. The number of ketones is 1. The summed E-state index contributed by atoms with van der Waals surface area (Å²) in [5.41, 5.74) is 1.19. The van der Waals surface area contributed by atoms with Crippen molar-refractivity contribution in [3.8, 4) is 0 Å². The van der Waals surface area contributed by atoms with Gasteiger partial charge in [-0.3, -0.25) is 19.7 Å². The molecular weight excluding hydrogens is 400 g/mol. The summed E-state index contributed by atoms with van der Waals surface area (Å²) in [6.07, 6.45) is -1.29. The molecule has 8 nitrogen and oxygen atoms in total. The zero-order chi connectivity index (χ0) is 22.4. The lowest BCUT2D eigenvalue weighted by molar-refractivity contribution is -0.384. The lowest BCUT2D eigenvalue weighted by Gasteiger charge is -2.17. The highest BCUT2D eigenvalue weighted by atomic mass is 16.6. The van der Waals surface area contributed by atoms with E-state index in [1.54, 1.807) is 30.3 Å². The Labute approximate surface area is 177 Å². The minimum absolute atomic E-state index is 0.144. The van der Waals surface area contributed by atoms with Crippen molar-refractivity contribution in [2.45, 2.75) is 13.0 Å². The minimum atomic E-state index is -1.29. The SMILES string of the molecule is CC(=O)Nc1ccc(C(=O)O[C@H](C(=O)c2ccccc2)c2ccc([N+](=O)[O-])cc2)cc1. The van der Waals surface area contributed by atoms with E-state index < -0.39 is 22.8 Å². The van der Waals surface area contributed by atoms with E-state index in [0.29, 0.717) is 16.8 Å². The molecular formula is C23H18N2O6. The zero-order valence-corrected chi connectivity index (χ0v) is 16.5. The Balaban J connectivity index is 1.88. The number of ether oxygens (including phenoxy) is 1. The van der Waals surface area contributed by atoms with Crippen LogP contribution in [0.5, 0.6) is 0 Å². The first-order chi connectivity index (χ1) is 14.8. The molecule has 0 radical (unpaired) electrons. The van der Waals surface area contributed by atoms with Crippen molar-refractivity contribution in [2.75, 3.05) is 5.32 Å². The Morgan fingerprint density at radius 1 is 0.871 bits per heavy atom. The summed E-state index contributed by atoms with van der Waals surface area (Å²) in [6.45, 7) is 1.37. The third-order valence-electron chi connectivity index (χ3n) is 4.37. The second-order valence-corrected chi connectivity index (χ2v) is 6.62. The van der Waals surface area contributed by atoms with Gasteiger partial charge in [0.25, 0.3) is 5.69 Å². The Bertz CT molecular complexity index is 1110. The van der Waals surface area contributed by atoms with Crippen LogP contribution in [-0.4, -0.2) is 22.6 Å². The number of carbonyl (C=O) groups excluding carboxylic acids is 3. The van der Waals surface area contributed by atoms with Gasteiger partial charge >= 0.3 is 5.97 Å². The molecule has 3 rings (SSSR count). The number of nitro groups is 1. The van der Waals surface area contributed by atoms with Crippen molar-refractivity contribution in [2.24, 2.45) is 0 Å². The van der Waals surface area contributed by atoms with Gasteiger partial charge in [0, 0.05) is 35.9 Å². The first-order valence-corrected chi connectivity index (χ1v) is 9.27. The third kappa shape index (κ3) is 5.39. The highest BCUT2D eigenvalue weighted by Crippen LogP contribution is 2.26. The van der Waals surface area contributed by atoms with E-state index in [1.807, 2.05) is 0 Å². The van der Waals surface area contributed by atoms with Crippen LogP contribution in [0.2, 0.25) is 0 Å². The van der Waals surface area contributed by atoms with E-state index in [4.69, 9.17) is 4.74 Å². The maximum atomic E-state index is 13.0. The summed E-state index contributed by atoms with van der Waals surface area (Å²) < 4.78 is 5.51. The van der Waals surface area contributed by atoms with E-state index in [0.717, 1.165) is 0 Å². The van der Waals surface area contributed by atoms with Gasteiger partial charge in [-0.15, -0.1) is 0 Å². The summed E-state index contributed by atoms with van der Waals surface area (Å²) in [4.78, 5) is 47.2. The molecule has 0 fully saturated rings. The number of hydrogen-bond donors (Lipinski definition) is 1. The molecule has 8 heteroatoms. The van der Waals surface area contributed by atoms with Gasteiger partial charge in [-0.05, 0) is 36.4 Å². The van der Waals surface area contributed by atoms with Crippen molar-refractivity contribution in [3.63, 3.8) is 0 Å². The van der Waals surface area contributed by atoms with Gasteiger partial charge in [0.1, 0.15) is 0 Å². The average Bonchev–Trinajstić information content (AvgIpc) is 2.77. The fourth-order valence-electron chi connectivity index (χ4n) is 2.87. The smallest absolute Gasteiger partial charge is 0.339 e. The summed E-state index contributed by atoms with van der Waals surface area (Å²) in [7, 11) is 0. The molecule has 0 saturated heterocycles. The van der Waals surface area contributed by atoms with Gasteiger partial charge in [0.05, 0.1) is 10.5 Å². The van der Waals surface area contributed by atoms with E-state index in [2.05, 4.69) is 5.32 Å². The molecule has 156 valence electrons. The topological polar surface area (TPSA) is 116 Å². The zero-order valence-electron chi connectivity index (χ0n) is 16.5. The fourth-order valence-corrected chi connectivity index (χ4v) is 2.87. The second kappa shape index (κ2) is 9.45. The highest BCUT2D eigenvalue weighted by molar-refractivity contribution is 6.02. The van der Waals surface area contributed by atoms with E-state index >= 15 is 0 Å². The molecule has 0 aromatic heterocycles. The molecule has 0 bridgehead atoms. The largest absolute Gasteiger partial charge is 0.445 e. The second-order valence-electron chi connectivity index (χ2n) is 6.62. The highest BCUT2D eigenvalue weighted by Gasteiger charge is 2.27. The van der Waals surface area contributed by atoms with Crippen LogP contribution in [-0.2, 0) is 9.53 Å². The van der Waals surface area contributed by atoms with E-state index in [1.165, 1.54) is 55.5 Å². The van der Waals surface area contributed by atoms with Crippen LogP contribution in [0.25, 0.3) is 0 Å². The Hall–Kier alpha value is -4.33. The van der Waals surface area contributed by atoms with Gasteiger partial charge in [-0.2, -0.15) is 0 Å². The number of Topliss-reactive ketones (excluding diaryl/α,β-unsaturated/α-hetero) is 1. The van der Waals surface area contributed by atoms with Crippen LogP contribution in [0.3, 0.4) is 0 Å². The number of nitrogens with one attached hydrogen (secondary N) is 1. The first kappa shape index (κ1) is 21.4. The molecule has 0 aliphatic carbocycles. The van der Waals surface area contributed by atoms with Crippen LogP contribution < -0.4 is 5.32 Å². The molecule has 3 aromatic rings. The van der Waals surface area contributed by atoms with Crippen LogP contribution in [0, 0.1) is 10.1 Å². The van der Waals surface area contributed by atoms with Crippen LogP contribution in [0.4, 0.5) is 11.4 Å². The predicted octanol–water partition coefficient (Wildman–Crippen LogP) is 4.33. The lowest BCUT2D eigenvalue weighted by atomic mass is 9.99. The quantitative estimate of drug-likeness (QED) is 0.264. The standard InChI is InChI=1S/C23H18N2O6/c1-15(26)24-19-11-7-18(8-12-19)23(28)31-22(21(27)16-5-3-2-4-6-16)17-9-13-20(14-10-17)25(29)30/h2-14,22H,1H3,(H,24,26)/t22-/m0/s1. The molecule has 1 amide bonds. The van der Waals surface area contributed by atoms with Crippen molar-refractivity contribution in [1.82, 2.24) is 0 Å². The maximum absolute atomic E-state index is 13.0. The number of esters is 1. The summed E-state index contributed by atoms with van der Waals surface area (Å²) in [6, 6.07) is 19.6. The van der Waals surface area contributed by atoms with Gasteiger partial charge < -0.3 is 10.1 Å². The van der Waals surface area contributed by atoms with Gasteiger partial charge in [-0.1, -0.05) is 30.3 Å². The van der Waals surface area contributed by atoms with Gasteiger partial charge in [0.2, 0.25) is 11.7 Å². The normalized spacial score (nSPS) is 11.3. The number of hydrogen-bond acceptors (Lipinski definition) is 6. The number of nitrogens with zero attached hydrogens (tertiary/aromatic N) is 1. The van der Waals surface area contributed by atoms with Crippen LogP contribution in [0.15, 0.2) is 78.9 Å². The van der Waals surface area contributed by atoms with Crippen molar-refractivity contribution >= 4 is 29.0 Å². The molecule has 1 atom stereocenters. The number of rotatable bonds is 7. The summed E-state index contributed by atoms with van der Waals surface area (Å²) in [5, 5.41) is 13.5. The molecule has 0 aliphatic heterocycles. The number of carbonyl (C=O) groups is 3. The number of amides is 1. The molecule has 0 heterocycles. The molecule has 0 saturated carbocycles. The average molecular weight is 418 g/mol. The molecule has 0 unspecified atom stereocenters. The molecule has 31 heavy (non-hydrogen) atoms. The van der Waals surface area contributed by atoms with E-state index in [9.17, 15) is 24.5 Å². The number of nitro benzene ring substituents is 1. The molecule has 0 spiro atoms. The fraction of sp³-hybridized carbons (Fsp3) is 0.0870. The predicted molar refractivity (Wildman–Crippen MR) is 113 cm³/mol. The number of anilines is 1. The molecule has 1 N–H and O–H groups in total. The van der Waals surface area contributed by atoms with Gasteiger partial charge in [0.15, 0.2) is 6.10 Å². The van der Waals surface area contributed by atoms with Crippen LogP contribution >= 0.6 is 0 Å².